The molecule has 0 atom stereocenters. The molecule has 1 rings (SSSR count). The van der Waals surface area contributed by atoms with Gasteiger partial charge in [-0.15, -0.1) is 0 Å². The second-order valence-corrected chi connectivity index (χ2v) is 1.66. The Morgan fingerprint density at radius 2 is 2.62 bits per heavy atom. The maximum Gasteiger partial charge on any atom is 0.196 e. The lowest BCUT2D eigenvalue weighted by molar-refractivity contribution is -0.119. The molecule has 0 aromatic heterocycles. The standard InChI is InChI=1S/C6H8O2/c1-2-5(7)6-3-4-8-6/h3H,2,4H2,1H3. The number of ketones is 1. The van der Waals surface area contributed by atoms with E-state index in [2.05, 4.69) is 0 Å². The van der Waals surface area contributed by atoms with Crippen molar-refractivity contribution in [1.29, 1.82) is 0 Å². The minimum absolute atomic E-state index is 0.108. The average molecular weight is 112 g/mol. The van der Waals surface area contributed by atoms with Crippen molar-refractivity contribution in [3.63, 3.8) is 0 Å². The van der Waals surface area contributed by atoms with Gasteiger partial charge in [0.15, 0.2) is 11.5 Å². The number of Topliss-reactive ketones (excluding diaryl/α,β-unsaturated/α-hetero) is 1. The van der Waals surface area contributed by atoms with Gasteiger partial charge in [0.2, 0.25) is 0 Å². The van der Waals surface area contributed by atoms with Gasteiger partial charge in [-0.1, -0.05) is 6.92 Å². The Morgan fingerprint density at radius 3 is 2.75 bits per heavy atom. The van der Waals surface area contributed by atoms with Crippen molar-refractivity contribution in [2.24, 2.45) is 0 Å². The second kappa shape index (κ2) is 1.99. The van der Waals surface area contributed by atoms with Gasteiger partial charge < -0.3 is 4.74 Å². The molecule has 0 amide bonds. The van der Waals surface area contributed by atoms with Crippen molar-refractivity contribution in [3.05, 3.63) is 11.8 Å². The molecule has 1 heterocycles. The molecule has 0 saturated carbocycles. The lowest BCUT2D eigenvalue weighted by atomic mass is 10.2. The van der Waals surface area contributed by atoms with Crippen molar-refractivity contribution in [2.45, 2.75) is 13.3 Å². The van der Waals surface area contributed by atoms with E-state index < -0.39 is 0 Å². The van der Waals surface area contributed by atoms with E-state index in [1.165, 1.54) is 0 Å². The largest absolute Gasteiger partial charge is 0.486 e. The highest BCUT2D eigenvalue weighted by Crippen LogP contribution is 2.09. The summed E-state index contributed by atoms with van der Waals surface area (Å²) in [6, 6.07) is 0. The van der Waals surface area contributed by atoms with Crippen LogP contribution in [0.5, 0.6) is 0 Å². The Hall–Kier alpha value is -0.790. The van der Waals surface area contributed by atoms with Crippen LogP contribution in [0.25, 0.3) is 0 Å². The van der Waals surface area contributed by atoms with E-state index in [9.17, 15) is 4.79 Å². The minimum atomic E-state index is 0.108. The Morgan fingerprint density at radius 1 is 2.00 bits per heavy atom. The van der Waals surface area contributed by atoms with Crippen molar-refractivity contribution in [3.8, 4) is 0 Å². The van der Waals surface area contributed by atoms with Gasteiger partial charge in [-0.25, -0.2) is 0 Å². The summed E-state index contributed by atoms with van der Waals surface area (Å²) in [5, 5.41) is 0. The van der Waals surface area contributed by atoms with Gasteiger partial charge in [-0.2, -0.15) is 0 Å². The predicted octanol–water partition coefficient (Wildman–Crippen LogP) is 0.880. The summed E-state index contributed by atoms with van der Waals surface area (Å²) in [7, 11) is 0. The fraction of sp³-hybridized carbons (Fsp3) is 0.500. The Labute approximate surface area is 48.1 Å². The first-order chi connectivity index (χ1) is 3.84. The summed E-state index contributed by atoms with van der Waals surface area (Å²) < 4.78 is 4.79. The summed E-state index contributed by atoms with van der Waals surface area (Å²) in [6.45, 7) is 2.44. The number of hydrogen-bond donors (Lipinski definition) is 0. The summed E-state index contributed by atoms with van der Waals surface area (Å²) >= 11 is 0. The smallest absolute Gasteiger partial charge is 0.196 e. The molecule has 0 N–H and O–H groups in total. The van der Waals surface area contributed by atoms with Crippen LogP contribution in [0.1, 0.15) is 13.3 Å². The van der Waals surface area contributed by atoms with Crippen LogP contribution in [0.3, 0.4) is 0 Å². The molecule has 0 aliphatic carbocycles. The van der Waals surface area contributed by atoms with Crippen LogP contribution in [-0.4, -0.2) is 12.4 Å². The Bertz CT molecular complexity index is 135. The van der Waals surface area contributed by atoms with Crippen molar-refractivity contribution in [1.82, 2.24) is 0 Å². The van der Waals surface area contributed by atoms with Gasteiger partial charge >= 0.3 is 0 Å². The number of carbonyl (C=O) groups excluding carboxylic acids is 1. The zero-order chi connectivity index (χ0) is 5.98. The molecule has 2 heteroatoms. The van der Waals surface area contributed by atoms with Gasteiger partial charge in [-0.05, 0) is 6.08 Å². The molecule has 44 valence electrons. The van der Waals surface area contributed by atoms with Gasteiger partial charge in [0.05, 0.1) is 0 Å². The minimum Gasteiger partial charge on any atom is -0.486 e. The van der Waals surface area contributed by atoms with Gasteiger partial charge in [0.25, 0.3) is 0 Å². The SMILES string of the molecule is CCC(=O)C1=CCO1. The van der Waals surface area contributed by atoms with Crippen molar-refractivity contribution in [2.75, 3.05) is 6.61 Å². The van der Waals surface area contributed by atoms with Gasteiger partial charge in [0, 0.05) is 6.42 Å². The molecule has 8 heavy (non-hydrogen) atoms. The van der Waals surface area contributed by atoms with E-state index in [0.717, 1.165) is 0 Å². The molecule has 1 aliphatic heterocycles. The fourth-order valence-electron chi connectivity index (χ4n) is 0.535. The van der Waals surface area contributed by atoms with E-state index in [1.54, 1.807) is 6.08 Å². The van der Waals surface area contributed by atoms with Crippen LogP contribution in [0.2, 0.25) is 0 Å². The van der Waals surface area contributed by atoms with Crippen LogP contribution in [0, 0.1) is 0 Å². The monoisotopic (exact) mass is 112 g/mol. The summed E-state index contributed by atoms with van der Waals surface area (Å²) in [6.07, 6.45) is 2.34. The zero-order valence-electron chi connectivity index (χ0n) is 4.81. The molecule has 0 unspecified atom stereocenters. The average Bonchev–Trinajstić information content (AvgIpc) is 1.62. The molecule has 2 nitrogen and oxygen atoms in total. The first-order valence-corrected chi connectivity index (χ1v) is 2.70. The fourth-order valence-corrected chi connectivity index (χ4v) is 0.535. The molecule has 0 spiro atoms. The molecule has 0 saturated heterocycles. The van der Waals surface area contributed by atoms with Gasteiger partial charge in [-0.3, -0.25) is 4.79 Å². The molecule has 0 radical (unpaired) electrons. The quantitative estimate of drug-likeness (QED) is 0.530. The van der Waals surface area contributed by atoms with E-state index in [0.29, 0.717) is 18.8 Å². The third-order valence-electron chi connectivity index (χ3n) is 1.10. The van der Waals surface area contributed by atoms with Crippen LogP contribution >= 0.6 is 0 Å². The molecule has 0 aromatic rings. The number of ether oxygens (including phenoxy) is 1. The highest BCUT2D eigenvalue weighted by molar-refractivity contribution is 5.93. The third-order valence-corrected chi connectivity index (χ3v) is 1.10. The third kappa shape index (κ3) is 0.735. The molecular weight excluding hydrogens is 104 g/mol. The van der Waals surface area contributed by atoms with Crippen LogP contribution in [-0.2, 0) is 9.53 Å². The topological polar surface area (TPSA) is 26.3 Å². The lowest BCUT2D eigenvalue weighted by Gasteiger charge is -2.13. The normalized spacial score (nSPS) is 15.9. The molecular formula is C6H8O2. The molecule has 0 aromatic carbocycles. The molecule has 0 bridgehead atoms. The summed E-state index contributed by atoms with van der Waals surface area (Å²) in [5.41, 5.74) is 0. The van der Waals surface area contributed by atoms with Crippen molar-refractivity contribution < 1.29 is 9.53 Å². The summed E-state index contributed by atoms with van der Waals surface area (Å²) in [5.74, 6) is 0.656. The first kappa shape index (κ1) is 5.35. The Balaban J connectivity index is 2.47. The van der Waals surface area contributed by atoms with E-state index in [1.807, 2.05) is 6.92 Å². The van der Waals surface area contributed by atoms with Crippen LogP contribution < -0.4 is 0 Å². The first-order valence-electron chi connectivity index (χ1n) is 2.70. The van der Waals surface area contributed by atoms with E-state index in [-0.39, 0.29) is 5.78 Å². The lowest BCUT2D eigenvalue weighted by Crippen LogP contribution is -2.13. The van der Waals surface area contributed by atoms with Crippen LogP contribution in [0.15, 0.2) is 11.8 Å². The maximum absolute atomic E-state index is 10.6. The second-order valence-electron chi connectivity index (χ2n) is 1.66. The van der Waals surface area contributed by atoms with Gasteiger partial charge in [0.1, 0.15) is 6.61 Å². The van der Waals surface area contributed by atoms with Crippen molar-refractivity contribution >= 4 is 5.78 Å². The van der Waals surface area contributed by atoms with E-state index >= 15 is 0 Å². The highest BCUT2D eigenvalue weighted by atomic mass is 16.5. The Kier molecular flexibility index (Phi) is 1.33. The number of carbonyl (C=O) groups is 1. The number of rotatable bonds is 2. The van der Waals surface area contributed by atoms with Crippen LogP contribution in [0.4, 0.5) is 0 Å². The predicted molar refractivity (Wildman–Crippen MR) is 29.3 cm³/mol. The maximum atomic E-state index is 10.6. The highest BCUT2D eigenvalue weighted by Gasteiger charge is 2.13. The molecule has 1 aliphatic rings. The summed E-state index contributed by atoms with van der Waals surface area (Å²) in [4.78, 5) is 10.6. The molecule has 0 fully saturated rings. The number of allylic oxidation sites excluding steroid dienone is 1. The number of hydrogen-bond acceptors (Lipinski definition) is 2. The zero-order valence-corrected chi connectivity index (χ0v) is 4.81. The van der Waals surface area contributed by atoms with E-state index in [4.69, 9.17) is 4.74 Å².